The summed E-state index contributed by atoms with van der Waals surface area (Å²) in [7, 11) is 0. The van der Waals surface area contributed by atoms with Crippen molar-refractivity contribution in [1.82, 2.24) is 10.3 Å². The van der Waals surface area contributed by atoms with Crippen LogP contribution in [0.25, 0.3) is 21.5 Å². The van der Waals surface area contributed by atoms with Crippen molar-refractivity contribution in [3.63, 3.8) is 0 Å². The quantitative estimate of drug-likeness (QED) is 0.276. The molecule has 11 heteroatoms. The minimum absolute atomic E-state index is 0.136. The summed E-state index contributed by atoms with van der Waals surface area (Å²) in [5.74, 6) is 1.05. The molecule has 168 valence electrons. The molecule has 0 spiro atoms. The molecule has 0 bridgehead atoms. The zero-order valence-corrected chi connectivity index (χ0v) is 18.4. The predicted octanol–water partition coefficient (Wildman–Crippen LogP) is 2.11. The van der Waals surface area contributed by atoms with Crippen LogP contribution in [0.2, 0.25) is 0 Å². The number of aromatic nitrogens is 3. The molecule has 33 heavy (non-hydrogen) atoms. The Labute approximate surface area is 192 Å². The first-order chi connectivity index (χ1) is 16.2. The van der Waals surface area contributed by atoms with Crippen molar-refractivity contribution in [2.75, 3.05) is 30.6 Å². The van der Waals surface area contributed by atoms with Gasteiger partial charge in [-0.05, 0) is 49.6 Å². The summed E-state index contributed by atoms with van der Waals surface area (Å²) >= 11 is 1.21. The third-order valence-corrected chi connectivity index (χ3v) is 6.84. The molecule has 1 saturated heterocycles. The van der Waals surface area contributed by atoms with Gasteiger partial charge in [-0.1, -0.05) is 0 Å². The van der Waals surface area contributed by atoms with E-state index >= 15 is 0 Å². The van der Waals surface area contributed by atoms with Gasteiger partial charge in [-0.3, -0.25) is 4.52 Å². The van der Waals surface area contributed by atoms with Crippen molar-refractivity contribution in [3.05, 3.63) is 41.4 Å². The second-order valence-electron chi connectivity index (χ2n) is 7.85. The van der Waals surface area contributed by atoms with E-state index in [-0.39, 0.29) is 12.7 Å². The van der Waals surface area contributed by atoms with E-state index in [2.05, 4.69) is 15.3 Å². The van der Waals surface area contributed by atoms with Crippen molar-refractivity contribution in [2.45, 2.75) is 19.3 Å². The van der Waals surface area contributed by atoms with Gasteiger partial charge in [-0.15, -0.1) is 11.3 Å². The van der Waals surface area contributed by atoms with Crippen LogP contribution in [0, 0.1) is 0 Å². The lowest BCUT2D eigenvalue weighted by Crippen LogP contribution is -2.60. The Kier molecular flexibility index (Phi) is 4.75. The van der Waals surface area contributed by atoms with Crippen LogP contribution in [-0.4, -0.2) is 36.0 Å². The number of benzene rings is 1. The molecule has 0 radical (unpaired) electrons. The van der Waals surface area contributed by atoms with Gasteiger partial charge in [0.25, 0.3) is 6.20 Å². The molecule has 6 rings (SSSR count). The maximum absolute atomic E-state index is 12.9. The smallest absolute Gasteiger partial charge is 0.324 e. The third kappa shape index (κ3) is 3.59. The lowest BCUT2D eigenvalue weighted by atomic mass is 10.1. The number of thiophene rings is 1. The first-order valence-electron chi connectivity index (χ1n) is 10.6. The molecule has 2 N–H and O–H groups in total. The molecular weight excluding hydrogens is 444 g/mol. The van der Waals surface area contributed by atoms with Crippen LogP contribution in [-0.2, 0) is 0 Å². The Hall–Kier alpha value is -3.86. The normalized spacial score (nSPS) is 16.0. The standard InChI is InChI=1S/C22H20N6O4S/c23-19-14-5-6-15(13-4-7-16-17(10-13)31-12-30-16)24-22(14)33-20(19)21(29)25-18-11-28(26-32-18)27-8-2-1-3-9-27/h4-7,10-11H,1-3,8-9,12H2,(H2-,23,25,26,29). The van der Waals surface area contributed by atoms with Gasteiger partial charge in [0.15, 0.2) is 11.5 Å². The highest BCUT2D eigenvalue weighted by atomic mass is 32.1. The lowest BCUT2D eigenvalue weighted by Gasteiger charge is -2.17. The number of nitrogen functional groups attached to an aromatic ring is 1. The molecule has 2 aliphatic rings. The summed E-state index contributed by atoms with van der Waals surface area (Å²) < 4.78 is 16.1. The average Bonchev–Trinajstić information content (AvgIpc) is 3.58. The highest BCUT2D eigenvalue weighted by molar-refractivity contribution is 7.21. The Balaban J connectivity index is 1.30. The van der Waals surface area contributed by atoms with E-state index in [1.165, 1.54) is 17.8 Å². The SMILES string of the molecule is Nc1c(/C([O-])=N/c2c[n+](N3CCCCC3)no2)sc2nc(-c3ccc4c(c3)OCO4)ccc12. The zero-order chi connectivity index (χ0) is 22.4. The van der Waals surface area contributed by atoms with Gasteiger partial charge in [-0.25, -0.2) is 9.98 Å². The van der Waals surface area contributed by atoms with Gasteiger partial charge >= 0.3 is 5.88 Å². The minimum Gasteiger partial charge on any atom is -0.857 e. The number of aliphatic imine (C=N–C) groups is 1. The minimum atomic E-state index is -0.484. The first kappa shape index (κ1) is 19.8. The second-order valence-corrected chi connectivity index (χ2v) is 8.85. The van der Waals surface area contributed by atoms with E-state index in [4.69, 9.17) is 24.7 Å². The van der Waals surface area contributed by atoms with Crippen LogP contribution in [0.5, 0.6) is 11.5 Å². The number of ether oxygens (including phenoxy) is 2. The van der Waals surface area contributed by atoms with Crippen molar-refractivity contribution < 1.29 is 23.9 Å². The molecule has 0 saturated carbocycles. The molecule has 0 aliphatic carbocycles. The first-order valence-corrected chi connectivity index (χ1v) is 11.5. The Morgan fingerprint density at radius 3 is 2.85 bits per heavy atom. The highest BCUT2D eigenvalue weighted by Gasteiger charge is 2.22. The number of piperidine rings is 1. The monoisotopic (exact) mass is 464 g/mol. The number of hydrogen-bond donors (Lipinski definition) is 1. The average molecular weight is 465 g/mol. The third-order valence-electron chi connectivity index (χ3n) is 5.73. The molecule has 5 heterocycles. The van der Waals surface area contributed by atoms with Crippen molar-refractivity contribution in [1.29, 1.82) is 0 Å². The summed E-state index contributed by atoms with van der Waals surface area (Å²) in [6, 6.07) is 9.39. The van der Waals surface area contributed by atoms with E-state index in [1.54, 1.807) is 11.0 Å². The molecule has 3 aromatic heterocycles. The zero-order valence-electron chi connectivity index (χ0n) is 17.6. The highest BCUT2D eigenvalue weighted by Crippen LogP contribution is 2.38. The number of hydrogen-bond acceptors (Lipinski definition) is 10. The fourth-order valence-corrected chi connectivity index (χ4v) is 5.00. The van der Waals surface area contributed by atoms with Gasteiger partial charge in [0, 0.05) is 16.8 Å². The number of nitrogens with two attached hydrogens (primary N) is 1. The van der Waals surface area contributed by atoms with Crippen LogP contribution in [0.4, 0.5) is 11.6 Å². The number of nitrogens with zero attached hydrogens (tertiary/aromatic N) is 5. The fourth-order valence-electron chi connectivity index (χ4n) is 4.02. The molecule has 4 aromatic rings. The summed E-state index contributed by atoms with van der Waals surface area (Å²) in [6.45, 7) is 2.00. The Morgan fingerprint density at radius 1 is 1.12 bits per heavy atom. The molecule has 0 amide bonds. The van der Waals surface area contributed by atoms with E-state index in [9.17, 15) is 5.11 Å². The van der Waals surface area contributed by atoms with Crippen molar-refractivity contribution in [2.24, 2.45) is 4.99 Å². The molecule has 1 aromatic carbocycles. The summed E-state index contributed by atoms with van der Waals surface area (Å²) in [6.07, 6.45) is 5.03. The van der Waals surface area contributed by atoms with Gasteiger partial charge in [0.05, 0.1) is 34.1 Å². The predicted molar refractivity (Wildman–Crippen MR) is 120 cm³/mol. The number of fused-ring (bicyclic) bond motifs is 2. The number of anilines is 1. The molecule has 10 nitrogen and oxygen atoms in total. The topological polar surface area (TPSA) is 126 Å². The van der Waals surface area contributed by atoms with Crippen LogP contribution >= 0.6 is 11.3 Å². The maximum atomic E-state index is 12.9. The summed E-state index contributed by atoms with van der Waals surface area (Å²) in [4.78, 5) is 11.4. The van der Waals surface area contributed by atoms with Gasteiger partial charge < -0.3 is 20.3 Å². The summed E-state index contributed by atoms with van der Waals surface area (Å²) in [5, 5.41) is 19.6. The second kappa shape index (κ2) is 7.93. The molecule has 1 fully saturated rings. The Morgan fingerprint density at radius 2 is 1.97 bits per heavy atom. The largest absolute Gasteiger partial charge is 0.857 e. The van der Waals surface area contributed by atoms with Gasteiger partial charge in [0.2, 0.25) is 12.1 Å². The van der Waals surface area contributed by atoms with Crippen LogP contribution in [0.1, 0.15) is 24.1 Å². The van der Waals surface area contributed by atoms with Crippen molar-refractivity contribution in [3.8, 4) is 22.8 Å². The van der Waals surface area contributed by atoms with Gasteiger partial charge in [-0.2, -0.15) is 5.01 Å². The van der Waals surface area contributed by atoms with E-state index in [1.807, 2.05) is 30.3 Å². The Bertz CT molecular complexity index is 1370. The number of rotatable bonds is 4. The fraction of sp³-hybridized carbons (Fsp3) is 0.273. The van der Waals surface area contributed by atoms with E-state index in [0.717, 1.165) is 37.2 Å². The number of pyridine rings is 1. The van der Waals surface area contributed by atoms with Gasteiger partial charge in [0.1, 0.15) is 4.83 Å². The molecular formula is C22H20N6O4S. The lowest BCUT2D eigenvalue weighted by molar-refractivity contribution is -0.759. The molecule has 2 aliphatic heterocycles. The van der Waals surface area contributed by atoms with E-state index in [0.29, 0.717) is 32.3 Å². The maximum Gasteiger partial charge on any atom is 0.324 e. The molecule has 0 unspecified atom stereocenters. The summed E-state index contributed by atoms with van der Waals surface area (Å²) in [5.41, 5.74) is 8.26. The van der Waals surface area contributed by atoms with Crippen molar-refractivity contribution >= 4 is 39.0 Å². The van der Waals surface area contributed by atoms with E-state index < -0.39 is 5.90 Å². The molecule has 0 atom stereocenters. The van der Waals surface area contributed by atoms with Crippen LogP contribution < -0.4 is 30.1 Å². The van der Waals surface area contributed by atoms with Crippen LogP contribution in [0.3, 0.4) is 0 Å². The van der Waals surface area contributed by atoms with Crippen LogP contribution in [0.15, 0.2) is 46.0 Å².